The van der Waals surface area contributed by atoms with E-state index in [2.05, 4.69) is 5.32 Å². The number of nitrogens with zero attached hydrogens (tertiary/aromatic N) is 2. The largest absolute Gasteiger partial charge is 0.487 e. The molecule has 2 atom stereocenters. The maximum atomic E-state index is 15.2. The highest BCUT2D eigenvalue weighted by molar-refractivity contribution is 5.94. The molecule has 1 unspecified atom stereocenters. The summed E-state index contributed by atoms with van der Waals surface area (Å²) in [7, 11) is 0. The second-order valence-corrected chi connectivity index (χ2v) is 7.66. The zero-order valence-electron chi connectivity index (χ0n) is 15.9. The number of hydrogen-bond acceptors (Lipinski definition) is 5. The summed E-state index contributed by atoms with van der Waals surface area (Å²) in [6.45, 7) is 1.68. The topological polar surface area (TPSA) is 110 Å². The Kier molecular flexibility index (Phi) is 4.60. The maximum absolute atomic E-state index is 15.2. The number of benzene rings is 1. The second kappa shape index (κ2) is 6.87. The molecular formula is C19H22F2N4O4. The average molecular weight is 408 g/mol. The molecule has 29 heavy (non-hydrogen) atoms. The second-order valence-electron chi connectivity index (χ2n) is 7.66. The van der Waals surface area contributed by atoms with E-state index in [1.807, 2.05) is 6.92 Å². The first-order valence-corrected chi connectivity index (χ1v) is 9.38. The number of carbonyl (C=O) groups is 1. The molecule has 0 saturated carbocycles. The summed E-state index contributed by atoms with van der Waals surface area (Å²) in [5.74, 6) is -0.404. The molecule has 0 spiro atoms. The molecule has 2 aliphatic heterocycles. The van der Waals surface area contributed by atoms with Crippen molar-refractivity contribution in [2.75, 3.05) is 31.1 Å². The SMILES string of the molecule is C[C@H]1COc2c(N3CCC(F)(CNC(=O)O)C3)c(F)cc3c(CN)cc(=O)n1c23. The van der Waals surface area contributed by atoms with Crippen LogP contribution in [-0.2, 0) is 6.54 Å². The highest BCUT2D eigenvalue weighted by atomic mass is 19.1. The normalized spacial score (nSPS) is 23.3. The molecule has 1 fully saturated rings. The average Bonchev–Trinajstić information content (AvgIpc) is 3.05. The van der Waals surface area contributed by atoms with Crippen LogP contribution < -0.4 is 26.2 Å². The number of anilines is 1. The third kappa shape index (κ3) is 3.17. The Morgan fingerprint density at radius 3 is 2.93 bits per heavy atom. The number of aromatic nitrogens is 1. The minimum absolute atomic E-state index is 0.0379. The van der Waals surface area contributed by atoms with Crippen LogP contribution in [0.2, 0.25) is 0 Å². The molecule has 2 aliphatic rings. The molecule has 10 heteroatoms. The van der Waals surface area contributed by atoms with E-state index in [0.29, 0.717) is 16.5 Å². The third-order valence-corrected chi connectivity index (χ3v) is 5.61. The lowest BCUT2D eigenvalue weighted by Gasteiger charge is -2.31. The Labute approximate surface area is 164 Å². The molecule has 0 aliphatic carbocycles. The number of nitrogens with two attached hydrogens (primary N) is 1. The van der Waals surface area contributed by atoms with Gasteiger partial charge in [-0.15, -0.1) is 0 Å². The molecule has 1 aromatic heterocycles. The number of amides is 1. The van der Waals surface area contributed by atoms with Gasteiger partial charge in [0.25, 0.3) is 5.56 Å². The smallest absolute Gasteiger partial charge is 0.404 e. The highest BCUT2D eigenvalue weighted by Crippen LogP contribution is 2.44. The van der Waals surface area contributed by atoms with Crippen LogP contribution in [0.15, 0.2) is 16.9 Å². The van der Waals surface area contributed by atoms with Gasteiger partial charge in [0.2, 0.25) is 0 Å². The number of alkyl halides is 1. The summed E-state index contributed by atoms with van der Waals surface area (Å²) in [4.78, 5) is 24.8. The summed E-state index contributed by atoms with van der Waals surface area (Å²) >= 11 is 0. The Morgan fingerprint density at radius 1 is 1.48 bits per heavy atom. The number of carboxylic acid groups (broad SMARTS) is 1. The molecule has 8 nitrogen and oxygen atoms in total. The quantitative estimate of drug-likeness (QED) is 0.711. The van der Waals surface area contributed by atoms with Gasteiger partial charge in [-0.05, 0) is 18.6 Å². The first kappa shape index (κ1) is 19.4. The predicted octanol–water partition coefficient (Wildman–Crippen LogP) is 1.74. The lowest BCUT2D eigenvalue weighted by molar-refractivity contribution is 0.163. The van der Waals surface area contributed by atoms with Gasteiger partial charge < -0.3 is 25.8 Å². The van der Waals surface area contributed by atoms with E-state index < -0.39 is 17.6 Å². The predicted molar refractivity (Wildman–Crippen MR) is 103 cm³/mol. The van der Waals surface area contributed by atoms with Crippen molar-refractivity contribution >= 4 is 22.7 Å². The van der Waals surface area contributed by atoms with E-state index in [0.717, 1.165) is 0 Å². The summed E-state index contributed by atoms with van der Waals surface area (Å²) in [5.41, 5.74) is 4.73. The van der Waals surface area contributed by atoms with Gasteiger partial charge in [0, 0.05) is 31.0 Å². The molecule has 0 radical (unpaired) electrons. The van der Waals surface area contributed by atoms with Gasteiger partial charge in [0.15, 0.2) is 11.6 Å². The van der Waals surface area contributed by atoms with Crippen LogP contribution >= 0.6 is 0 Å². The molecule has 4 rings (SSSR count). The van der Waals surface area contributed by atoms with Crippen LogP contribution in [0.1, 0.15) is 24.9 Å². The number of hydrogen-bond donors (Lipinski definition) is 3. The Bertz CT molecular complexity index is 1060. The molecule has 4 N–H and O–H groups in total. The molecule has 1 aromatic carbocycles. The molecule has 0 bridgehead atoms. The zero-order chi connectivity index (χ0) is 20.9. The lowest BCUT2D eigenvalue weighted by atomic mass is 10.0. The fourth-order valence-electron chi connectivity index (χ4n) is 4.22. The van der Waals surface area contributed by atoms with Gasteiger partial charge in [-0.3, -0.25) is 9.36 Å². The fourth-order valence-corrected chi connectivity index (χ4v) is 4.22. The summed E-state index contributed by atoms with van der Waals surface area (Å²) in [5, 5.41) is 11.3. The van der Waals surface area contributed by atoms with Crippen LogP contribution in [0, 0.1) is 5.82 Å². The van der Waals surface area contributed by atoms with E-state index >= 15 is 8.78 Å². The number of halogens is 2. The van der Waals surface area contributed by atoms with E-state index in [4.69, 9.17) is 15.6 Å². The van der Waals surface area contributed by atoms with Gasteiger partial charge in [-0.2, -0.15) is 0 Å². The van der Waals surface area contributed by atoms with Gasteiger partial charge >= 0.3 is 6.09 Å². The number of ether oxygens (including phenoxy) is 1. The highest BCUT2D eigenvalue weighted by Gasteiger charge is 2.41. The zero-order valence-corrected chi connectivity index (χ0v) is 15.9. The van der Waals surface area contributed by atoms with Crippen LogP contribution in [-0.4, -0.2) is 47.7 Å². The van der Waals surface area contributed by atoms with Crippen molar-refractivity contribution in [1.29, 1.82) is 0 Å². The van der Waals surface area contributed by atoms with E-state index in [9.17, 15) is 9.59 Å². The Morgan fingerprint density at radius 2 is 2.24 bits per heavy atom. The van der Waals surface area contributed by atoms with Crippen molar-refractivity contribution < 1.29 is 23.4 Å². The number of nitrogens with one attached hydrogen (secondary N) is 1. The summed E-state index contributed by atoms with van der Waals surface area (Å²) in [6, 6.07) is 2.47. The van der Waals surface area contributed by atoms with Crippen LogP contribution in [0.4, 0.5) is 19.3 Å². The van der Waals surface area contributed by atoms with Crippen molar-refractivity contribution in [2.45, 2.75) is 31.6 Å². The van der Waals surface area contributed by atoms with Crippen LogP contribution in [0.5, 0.6) is 5.75 Å². The third-order valence-electron chi connectivity index (χ3n) is 5.61. The Hall–Kier alpha value is -2.88. The van der Waals surface area contributed by atoms with E-state index in [1.54, 1.807) is 4.57 Å². The van der Waals surface area contributed by atoms with Crippen molar-refractivity contribution in [2.24, 2.45) is 5.73 Å². The van der Waals surface area contributed by atoms with Gasteiger partial charge in [-0.25, -0.2) is 13.6 Å². The minimum atomic E-state index is -1.83. The van der Waals surface area contributed by atoms with Gasteiger partial charge in [0.1, 0.15) is 18.0 Å². The maximum Gasteiger partial charge on any atom is 0.404 e. The van der Waals surface area contributed by atoms with E-state index in [-0.39, 0.29) is 62.2 Å². The lowest BCUT2D eigenvalue weighted by Crippen LogP contribution is -2.41. The first-order valence-electron chi connectivity index (χ1n) is 9.38. The Balaban J connectivity index is 1.84. The fraction of sp³-hybridized carbons (Fsp3) is 0.474. The number of pyridine rings is 1. The van der Waals surface area contributed by atoms with Crippen molar-refractivity contribution in [3.63, 3.8) is 0 Å². The molecule has 1 amide bonds. The first-order chi connectivity index (χ1) is 13.7. The number of rotatable bonds is 4. The minimum Gasteiger partial charge on any atom is -0.487 e. The van der Waals surface area contributed by atoms with E-state index in [1.165, 1.54) is 17.0 Å². The van der Waals surface area contributed by atoms with Crippen molar-refractivity contribution in [3.8, 4) is 5.75 Å². The summed E-state index contributed by atoms with van der Waals surface area (Å²) < 4.78 is 37.6. The summed E-state index contributed by atoms with van der Waals surface area (Å²) in [6.07, 6.45) is -1.28. The monoisotopic (exact) mass is 408 g/mol. The molecule has 1 saturated heterocycles. The van der Waals surface area contributed by atoms with Gasteiger partial charge in [0.05, 0.1) is 24.6 Å². The van der Waals surface area contributed by atoms with Crippen molar-refractivity contribution in [1.82, 2.24) is 9.88 Å². The standard InChI is InChI=1S/C19H22F2N4O4/c1-10-7-29-17-15-12(11(6-22)4-14(26)25(10)15)5-13(20)16(17)24-3-2-19(21,9-24)8-23-18(27)28/h4-5,10,23H,2-3,6-9,22H2,1H3,(H,27,28)/t10-,19?/m0/s1. The molecule has 3 heterocycles. The van der Waals surface area contributed by atoms with Crippen LogP contribution in [0.3, 0.4) is 0 Å². The van der Waals surface area contributed by atoms with Crippen molar-refractivity contribution in [3.05, 3.63) is 33.9 Å². The molecule has 156 valence electrons. The van der Waals surface area contributed by atoms with Gasteiger partial charge in [-0.1, -0.05) is 0 Å². The van der Waals surface area contributed by atoms with Crippen LogP contribution in [0.25, 0.3) is 10.9 Å². The molecule has 2 aromatic rings. The molecular weight excluding hydrogens is 386 g/mol.